The van der Waals surface area contributed by atoms with Crippen LogP contribution in [0.1, 0.15) is 16.2 Å². The number of hydrogen-bond acceptors (Lipinski definition) is 5. The Morgan fingerprint density at radius 3 is 2.96 bits per heavy atom. The molecule has 0 aliphatic carbocycles. The minimum absolute atomic E-state index is 0.133. The molecule has 1 aliphatic rings. The van der Waals surface area contributed by atoms with Crippen LogP contribution in [0.4, 0.5) is 5.82 Å². The molecular weight excluding hydrogens is 328 g/mol. The number of amides is 1. The first-order valence-corrected chi connectivity index (χ1v) is 8.28. The van der Waals surface area contributed by atoms with Crippen LogP contribution in [0.2, 0.25) is 5.15 Å². The number of anilines is 1. The highest BCUT2D eigenvalue weighted by Gasteiger charge is 2.21. The molecule has 8 heteroatoms. The van der Waals surface area contributed by atoms with Crippen molar-refractivity contribution in [1.29, 1.82) is 0 Å². The van der Waals surface area contributed by atoms with Crippen molar-refractivity contribution in [3.8, 4) is 0 Å². The monoisotopic (exact) mass is 348 g/mol. The Balaban J connectivity index is 1.67. The highest BCUT2D eigenvalue weighted by Crippen LogP contribution is 2.21. The van der Waals surface area contributed by atoms with Crippen LogP contribution >= 0.6 is 11.6 Å². The zero-order chi connectivity index (χ0) is 17.1. The second-order valence-electron chi connectivity index (χ2n) is 6.04. The van der Waals surface area contributed by atoms with Crippen molar-refractivity contribution >= 4 is 23.3 Å². The van der Waals surface area contributed by atoms with Crippen LogP contribution < -0.4 is 10.2 Å². The molecule has 0 saturated heterocycles. The molecule has 0 bridgehead atoms. The minimum Gasteiger partial charge on any atom is -0.349 e. The summed E-state index contributed by atoms with van der Waals surface area (Å²) in [5.41, 5.74) is 1.46. The number of hydrogen-bond donors (Lipinski definition) is 1. The molecule has 0 radical (unpaired) electrons. The van der Waals surface area contributed by atoms with Gasteiger partial charge >= 0.3 is 0 Å². The molecule has 1 amide bonds. The number of rotatable bonds is 5. The number of halogens is 1. The van der Waals surface area contributed by atoms with E-state index in [9.17, 15) is 4.79 Å². The summed E-state index contributed by atoms with van der Waals surface area (Å²) in [6.45, 7) is 3.56. The van der Waals surface area contributed by atoms with Crippen LogP contribution in [0.3, 0.4) is 0 Å². The normalized spacial score (nSPS) is 13.9. The van der Waals surface area contributed by atoms with E-state index < -0.39 is 0 Å². The number of aromatic nitrogens is 3. The van der Waals surface area contributed by atoms with Crippen LogP contribution in [-0.2, 0) is 13.1 Å². The molecule has 0 fully saturated rings. The molecule has 0 spiro atoms. The Labute approximate surface area is 146 Å². The van der Waals surface area contributed by atoms with Crippen LogP contribution in [0.15, 0.2) is 24.3 Å². The molecule has 1 N–H and O–H groups in total. The Bertz CT molecular complexity index is 729. The zero-order valence-electron chi connectivity index (χ0n) is 13.9. The SMILES string of the molecule is CN(C)CCNC(=O)c1cc2n(n1)CCN(c1cccc(Cl)n1)C2. The first kappa shape index (κ1) is 16.7. The Morgan fingerprint density at radius 2 is 2.21 bits per heavy atom. The molecule has 7 nitrogen and oxygen atoms in total. The van der Waals surface area contributed by atoms with E-state index in [-0.39, 0.29) is 5.91 Å². The number of pyridine rings is 1. The molecule has 3 heterocycles. The summed E-state index contributed by atoms with van der Waals surface area (Å²) in [5, 5.41) is 7.78. The predicted octanol–water partition coefficient (Wildman–Crippen LogP) is 1.24. The Kier molecular flexibility index (Phi) is 5.01. The zero-order valence-corrected chi connectivity index (χ0v) is 14.6. The molecule has 24 heavy (non-hydrogen) atoms. The summed E-state index contributed by atoms with van der Waals surface area (Å²) >= 11 is 5.97. The fourth-order valence-corrected chi connectivity index (χ4v) is 2.79. The van der Waals surface area contributed by atoms with E-state index in [0.29, 0.717) is 30.5 Å². The average molecular weight is 349 g/mol. The van der Waals surface area contributed by atoms with Crippen LogP contribution in [0.5, 0.6) is 0 Å². The van der Waals surface area contributed by atoms with Crippen molar-refractivity contribution in [2.75, 3.05) is 38.6 Å². The second-order valence-corrected chi connectivity index (χ2v) is 6.43. The summed E-state index contributed by atoms with van der Waals surface area (Å²) in [6, 6.07) is 7.43. The van der Waals surface area contributed by atoms with Crippen molar-refractivity contribution in [1.82, 2.24) is 25.0 Å². The van der Waals surface area contributed by atoms with Gasteiger partial charge in [-0.3, -0.25) is 9.48 Å². The lowest BCUT2D eigenvalue weighted by Gasteiger charge is -2.28. The van der Waals surface area contributed by atoms with Gasteiger partial charge in [0.25, 0.3) is 5.91 Å². The molecule has 0 saturated carbocycles. The molecule has 3 rings (SSSR count). The molecule has 128 valence electrons. The van der Waals surface area contributed by atoms with E-state index in [4.69, 9.17) is 11.6 Å². The highest BCUT2D eigenvalue weighted by molar-refractivity contribution is 6.29. The topological polar surface area (TPSA) is 66.3 Å². The summed E-state index contributed by atoms with van der Waals surface area (Å²) in [5.74, 6) is 0.707. The van der Waals surface area contributed by atoms with Gasteiger partial charge in [0.15, 0.2) is 5.69 Å². The van der Waals surface area contributed by atoms with Crippen LogP contribution in [0, 0.1) is 0 Å². The lowest BCUT2D eigenvalue weighted by Crippen LogP contribution is -2.34. The number of nitrogens with one attached hydrogen (secondary N) is 1. The molecule has 2 aromatic rings. The number of likely N-dealkylation sites (N-methyl/N-ethyl adjacent to an activating group) is 1. The first-order chi connectivity index (χ1) is 11.5. The molecule has 2 aromatic heterocycles. The lowest BCUT2D eigenvalue weighted by molar-refractivity contribution is 0.0945. The van der Waals surface area contributed by atoms with Crippen molar-refractivity contribution in [2.24, 2.45) is 0 Å². The fourth-order valence-electron chi connectivity index (χ4n) is 2.63. The lowest BCUT2D eigenvalue weighted by atomic mass is 10.2. The summed E-state index contributed by atoms with van der Waals surface area (Å²) < 4.78 is 1.89. The maximum Gasteiger partial charge on any atom is 0.271 e. The van der Waals surface area contributed by atoms with Gasteiger partial charge in [0.05, 0.1) is 18.8 Å². The van der Waals surface area contributed by atoms with Crippen LogP contribution in [-0.4, -0.2) is 59.3 Å². The second kappa shape index (κ2) is 7.19. The van der Waals surface area contributed by atoms with Gasteiger partial charge in [-0.2, -0.15) is 5.10 Å². The van der Waals surface area contributed by atoms with Crippen molar-refractivity contribution in [2.45, 2.75) is 13.1 Å². The smallest absolute Gasteiger partial charge is 0.271 e. The highest BCUT2D eigenvalue weighted by atomic mass is 35.5. The van der Waals surface area contributed by atoms with Crippen molar-refractivity contribution < 1.29 is 4.79 Å². The maximum atomic E-state index is 12.2. The van der Waals surface area contributed by atoms with Crippen LogP contribution in [0.25, 0.3) is 0 Å². The van der Waals surface area contributed by atoms with E-state index in [1.54, 1.807) is 6.07 Å². The van der Waals surface area contributed by atoms with Gasteiger partial charge < -0.3 is 15.1 Å². The molecular formula is C16H21ClN6O. The molecule has 0 atom stereocenters. The van der Waals surface area contributed by atoms with Gasteiger partial charge in [-0.15, -0.1) is 0 Å². The molecule has 0 unspecified atom stereocenters. The standard InChI is InChI=1S/C16H21ClN6O/c1-21(2)7-6-18-16(24)13-10-12-11-22(8-9-23(12)20-13)15-5-3-4-14(17)19-15/h3-5,10H,6-9,11H2,1-2H3,(H,18,24). The first-order valence-electron chi connectivity index (χ1n) is 7.90. The minimum atomic E-state index is -0.133. The summed E-state index contributed by atoms with van der Waals surface area (Å²) in [6.07, 6.45) is 0. The van der Waals surface area contributed by atoms with E-state index in [1.807, 2.05) is 41.9 Å². The van der Waals surface area contributed by atoms with Gasteiger partial charge in [0, 0.05) is 19.6 Å². The third-order valence-electron chi connectivity index (χ3n) is 3.90. The number of fused-ring (bicyclic) bond motifs is 1. The summed E-state index contributed by atoms with van der Waals surface area (Å²) in [4.78, 5) is 20.7. The third kappa shape index (κ3) is 3.85. The Hall–Kier alpha value is -2.12. The maximum absolute atomic E-state index is 12.2. The van der Waals surface area contributed by atoms with Crippen molar-refractivity contribution in [3.63, 3.8) is 0 Å². The number of carbonyl (C=O) groups excluding carboxylic acids is 1. The van der Waals surface area contributed by atoms with Gasteiger partial charge in [0.2, 0.25) is 0 Å². The fraction of sp³-hybridized carbons (Fsp3) is 0.438. The van der Waals surface area contributed by atoms with E-state index in [2.05, 4.69) is 20.3 Å². The molecule has 0 aromatic carbocycles. The molecule has 1 aliphatic heterocycles. The third-order valence-corrected chi connectivity index (χ3v) is 4.11. The van der Waals surface area contributed by atoms with Gasteiger partial charge in [0.1, 0.15) is 11.0 Å². The van der Waals surface area contributed by atoms with Gasteiger partial charge in [-0.1, -0.05) is 17.7 Å². The largest absolute Gasteiger partial charge is 0.349 e. The van der Waals surface area contributed by atoms with E-state index in [1.165, 1.54) is 0 Å². The van der Waals surface area contributed by atoms with Gasteiger partial charge in [-0.25, -0.2) is 4.98 Å². The van der Waals surface area contributed by atoms with Crippen molar-refractivity contribution in [3.05, 3.63) is 40.8 Å². The Morgan fingerprint density at radius 1 is 1.38 bits per heavy atom. The number of nitrogens with zero attached hydrogens (tertiary/aromatic N) is 5. The average Bonchev–Trinajstić information content (AvgIpc) is 2.97. The van der Waals surface area contributed by atoms with E-state index >= 15 is 0 Å². The summed E-state index contributed by atoms with van der Waals surface area (Å²) in [7, 11) is 3.94. The van der Waals surface area contributed by atoms with E-state index in [0.717, 1.165) is 24.6 Å². The van der Waals surface area contributed by atoms with Gasteiger partial charge in [-0.05, 0) is 32.3 Å². The number of carbonyl (C=O) groups is 1. The quantitative estimate of drug-likeness (QED) is 0.824. The predicted molar refractivity (Wildman–Crippen MR) is 93.4 cm³/mol.